The molecule has 2 aromatic carbocycles. The van der Waals surface area contributed by atoms with E-state index in [1.807, 2.05) is 25.1 Å². The van der Waals surface area contributed by atoms with Crippen molar-refractivity contribution in [2.45, 2.75) is 32.6 Å². The van der Waals surface area contributed by atoms with Crippen molar-refractivity contribution in [3.8, 4) is 16.9 Å². The summed E-state index contributed by atoms with van der Waals surface area (Å²) in [6.07, 6.45) is 7.98. The number of phenolic OH excluding ortho intramolecular Hbond substituents is 1. The molecule has 1 aliphatic heterocycles. The van der Waals surface area contributed by atoms with Crippen LogP contribution < -0.4 is 5.32 Å². The fourth-order valence-electron chi connectivity index (χ4n) is 4.87. The topological polar surface area (TPSA) is 78.3 Å². The maximum absolute atomic E-state index is 14.2. The normalized spacial score (nSPS) is 13.8. The molecule has 3 heterocycles. The predicted octanol–water partition coefficient (Wildman–Crippen LogP) is 6.23. The van der Waals surface area contributed by atoms with E-state index in [2.05, 4.69) is 26.3 Å². The largest absolute Gasteiger partial charge is 0.504 e. The molecular weight excluding hydrogens is 491 g/mol. The van der Waals surface area contributed by atoms with Crippen molar-refractivity contribution < 1.29 is 14.3 Å². The summed E-state index contributed by atoms with van der Waals surface area (Å²) in [5.41, 5.74) is 6.46. The number of hydrogen-bond acceptors (Lipinski definition) is 6. The highest BCUT2D eigenvalue weighted by Crippen LogP contribution is 2.36. The minimum absolute atomic E-state index is 0.0616. The lowest BCUT2D eigenvalue weighted by Crippen LogP contribution is -2.22. The lowest BCUT2D eigenvalue weighted by Gasteiger charge is -2.17. The Bertz CT molecular complexity index is 1450. The van der Waals surface area contributed by atoms with Gasteiger partial charge in [0.1, 0.15) is 6.29 Å². The van der Waals surface area contributed by atoms with Crippen molar-refractivity contribution >= 4 is 40.2 Å². The fourth-order valence-corrected chi connectivity index (χ4v) is 5.07. The molecule has 0 saturated carbocycles. The van der Waals surface area contributed by atoms with Crippen LogP contribution >= 0.6 is 11.6 Å². The molecule has 2 aromatic heterocycles. The number of carbonyl (C=O) groups is 1. The predicted molar refractivity (Wildman–Crippen MR) is 145 cm³/mol. The zero-order valence-corrected chi connectivity index (χ0v) is 21.4. The Hall–Kier alpha value is -3.55. The van der Waals surface area contributed by atoms with Gasteiger partial charge in [-0.05, 0) is 86.3 Å². The number of carbonyl (C=O) groups excluding carboxylic acids is 1. The van der Waals surface area contributed by atoms with Crippen LogP contribution in [0.1, 0.15) is 29.7 Å². The average Bonchev–Trinajstić information content (AvgIpc) is 3.42. The number of benzene rings is 2. The number of fused-ring (bicyclic) bond motifs is 1. The van der Waals surface area contributed by atoms with E-state index in [-0.39, 0.29) is 11.4 Å². The zero-order chi connectivity index (χ0) is 25.9. The number of rotatable bonds is 8. The number of aromatic nitrogens is 2. The van der Waals surface area contributed by atoms with Crippen molar-refractivity contribution in [1.82, 2.24) is 14.9 Å². The lowest BCUT2D eigenvalue weighted by molar-refractivity contribution is -0.107. The van der Waals surface area contributed by atoms with Crippen molar-refractivity contribution in [3.63, 3.8) is 0 Å². The third-order valence-electron chi connectivity index (χ3n) is 6.96. The Morgan fingerprint density at radius 3 is 2.65 bits per heavy atom. The van der Waals surface area contributed by atoms with E-state index in [0.29, 0.717) is 11.1 Å². The first-order chi connectivity index (χ1) is 17.9. The second-order valence-corrected chi connectivity index (χ2v) is 9.85. The highest BCUT2D eigenvalue weighted by atomic mass is 35.5. The molecule has 190 valence electrons. The number of nitrogens with zero attached hydrogens (tertiary/aromatic N) is 3. The van der Waals surface area contributed by atoms with Crippen LogP contribution in [0.2, 0.25) is 5.02 Å². The second kappa shape index (κ2) is 10.8. The molecule has 1 saturated heterocycles. The second-order valence-electron chi connectivity index (χ2n) is 9.44. The number of likely N-dealkylation sites (tertiary alicyclic amines) is 1. The molecule has 1 aliphatic rings. The standard InChI is InChI=1S/C29H28ClFN4O2/c1-18-19(6-10-35-8-2-3-9-35)12-23(17-32-18)34-28-21(7-11-36)16-33-27-5-4-20(13-24(27)28)22-14-25(30)29(37)26(31)15-22/h4-5,11-17,37H,2-3,6-10H2,1H3,(H,33,34). The average molecular weight is 519 g/mol. The summed E-state index contributed by atoms with van der Waals surface area (Å²) >= 11 is 6.02. The number of aromatic hydroxyl groups is 1. The number of aldehydes is 1. The van der Waals surface area contributed by atoms with E-state index in [1.165, 1.54) is 30.5 Å². The Morgan fingerprint density at radius 2 is 1.89 bits per heavy atom. The van der Waals surface area contributed by atoms with Crippen LogP contribution in [0, 0.1) is 12.7 Å². The molecule has 0 aliphatic carbocycles. The number of halogens is 2. The Labute approximate surface area is 220 Å². The van der Waals surface area contributed by atoms with Gasteiger partial charge in [-0.2, -0.15) is 0 Å². The van der Waals surface area contributed by atoms with Crippen molar-refractivity contribution in [1.29, 1.82) is 0 Å². The Morgan fingerprint density at radius 1 is 1.08 bits per heavy atom. The zero-order valence-electron chi connectivity index (χ0n) is 20.6. The van der Waals surface area contributed by atoms with Crippen LogP contribution in [0.15, 0.2) is 48.8 Å². The summed E-state index contributed by atoms with van der Waals surface area (Å²) in [5, 5.41) is 13.9. The Balaban J connectivity index is 1.53. The summed E-state index contributed by atoms with van der Waals surface area (Å²) < 4.78 is 14.2. The number of aryl methyl sites for hydroxylation is 1. The molecule has 5 rings (SSSR count). The lowest BCUT2D eigenvalue weighted by atomic mass is 10.00. The number of nitrogens with one attached hydrogen (secondary N) is 1. The molecule has 8 heteroatoms. The van der Waals surface area contributed by atoms with Gasteiger partial charge in [-0.1, -0.05) is 17.7 Å². The molecular formula is C29H28ClFN4O2. The molecule has 0 radical (unpaired) electrons. The smallest absolute Gasteiger partial charge is 0.170 e. The summed E-state index contributed by atoms with van der Waals surface area (Å²) in [7, 11) is 0. The number of phenols is 1. The van der Waals surface area contributed by atoms with Crippen molar-refractivity contribution in [2.75, 3.05) is 25.0 Å². The Kier molecular flexibility index (Phi) is 7.35. The van der Waals surface area contributed by atoms with E-state index < -0.39 is 11.6 Å². The molecule has 0 spiro atoms. The van der Waals surface area contributed by atoms with Crippen molar-refractivity contribution in [3.05, 3.63) is 76.5 Å². The molecule has 6 nitrogen and oxygen atoms in total. The number of pyridine rings is 2. The molecule has 4 aromatic rings. The van der Waals surface area contributed by atoms with Gasteiger partial charge in [0.05, 0.1) is 28.1 Å². The van der Waals surface area contributed by atoms with E-state index in [1.54, 1.807) is 12.4 Å². The SMILES string of the molecule is Cc1ncc(Nc2c(CC=O)cnc3ccc(-c4cc(F)c(O)c(Cl)c4)cc23)cc1CCN1CCCC1. The van der Waals surface area contributed by atoms with Gasteiger partial charge >= 0.3 is 0 Å². The summed E-state index contributed by atoms with van der Waals surface area (Å²) in [6.45, 7) is 5.34. The monoisotopic (exact) mass is 518 g/mol. The molecule has 0 bridgehead atoms. The molecule has 0 atom stereocenters. The van der Waals surface area contributed by atoms with Gasteiger partial charge in [0.2, 0.25) is 0 Å². The van der Waals surface area contributed by atoms with Crippen LogP contribution in [0.4, 0.5) is 15.8 Å². The van der Waals surface area contributed by atoms with Gasteiger partial charge in [-0.15, -0.1) is 0 Å². The molecule has 1 fully saturated rings. The molecule has 0 unspecified atom stereocenters. The molecule has 0 amide bonds. The van der Waals surface area contributed by atoms with Crippen LogP contribution in [0.3, 0.4) is 0 Å². The van der Waals surface area contributed by atoms with Gasteiger partial charge in [0.15, 0.2) is 11.6 Å². The van der Waals surface area contributed by atoms with Crippen LogP contribution in [0.5, 0.6) is 5.75 Å². The van der Waals surface area contributed by atoms with E-state index in [9.17, 15) is 14.3 Å². The first-order valence-electron chi connectivity index (χ1n) is 12.4. The van der Waals surface area contributed by atoms with Gasteiger partial charge in [0, 0.05) is 35.8 Å². The first kappa shape index (κ1) is 25.1. The maximum Gasteiger partial charge on any atom is 0.170 e. The third-order valence-corrected chi connectivity index (χ3v) is 7.25. The van der Waals surface area contributed by atoms with E-state index in [4.69, 9.17) is 11.6 Å². The highest BCUT2D eigenvalue weighted by molar-refractivity contribution is 6.32. The van der Waals surface area contributed by atoms with E-state index in [0.717, 1.165) is 65.9 Å². The molecule has 37 heavy (non-hydrogen) atoms. The quantitative estimate of drug-likeness (QED) is 0.269. The van der Waals surface area contributed by atoms with Gasteiger partial charge in [-0.25, -0.2) is 4.39 Å². The van der Waals surface area contributed by atoms with Crippen LogP contribution in [-0.4, -0.2) is 45.9 Å². The summed E-state index contributed by atoms with van der Waals surface area (Å²) in [5.74, 6) is -1.36. The third kappa shape index (κ3) is 5.43. The fraction of sp³-hybridized carbons (Fsp3) is 0.276. The van der Waals surface area contributed by atoms with Gasteiger partial charge in [0.25, 0.3) is 0 Å². The number of hydrogen-bond donors (Lipinski definition) is 2. The summed E-state index contributed by atoms with van der Waals surface area (Å²) in [6, 6.07) is 10.4. The molecule has 2 N–H and O–H groups in total. The van der Waals surface area contributed by atoms with Gasteiger partial charge in [-0.3, -0.25) is 9.97 Å². The van der Waals surface area contributed by atoms with Crippen molar-refractivity contribution in [2.24, 2.45) is 0 Å². The van der Waals surface area contributed by atoms with Gasteiger partial charge < -0.3 is 20.1 Å². The van der Waals surface area contributed by atoms with Crippen LogP contribution in [0.25, 0.3) is 22.0 Å². The van der Waals surface area contributed by atoms with Crippen LogP contribution in [-0.2, 0) is 17.6 Å². The minimum atomic E-state index is -0.791. The van der Waals surface area contributed by atoms with E-state index >= 15 is 0 Å². The summed E-state index contributed by atoms with van der Waals surface area (Å²) in [4.78, 5) is 23.1. The highest BCUT2D eigenvalue weighted by Gasteiger charge is 2.15. The number of anilines is 2. The maximum atomic E-state index is 14.2. The minimum Gasteiger partial charge on any atom is -0.504 e. The first-order valence-corrected chi connectivity index (χ1v) is 12.8.